The molecular formula is C8H13BN2O3. The van der Waals surface area contributed by atoms with Gasteiger partial charge in [-0.2, -0.15) is 0 Å². The Kier molecular flexibility index (Phi) is 2.76. The van der Waals surface area contributed by atoms with E-state index in [1.54, 1.807) is 12.3 Å². The fourth-order valence-corrected chi connectivity index (χ4v) is 1.57. The SMILES string of the molecule is OB(O)c1cc(N2CCNCC2)co1. The van der Waals surface area contributed by atoms with E-state index < -0.39 is 7.12 Å². The van der Waals surface area contributed by atoms with Crippen molar-refractivity contribution in [2.75, 3.05) is 31.1 Å². The Morgan fingerprint density at radius 3 is 2.64 bits per heavy atom. The first-order chi connectivity index (χ1) is 6.77. The fraction of sp³-hybridized carbons (Fsp3) is 0.500. The Balaban J connectivity index is 2.07. The Hall–Kier alpha value is -0.975. The Morgan fingerprint density at radius 1 is 1.36 bits per heavy atom. The lowest BCUT2D eigenvalue weighted by Crippen LogP contribution is -2.43. The molecule has 2 rings (SSSR count). The van der Waals surface area contributed by atoms with Crippen LogP contribution in [0.5, 0.6) is 0 Å². The predicted octanol–water partition coefficient (Wildman–Crippen LogP) is -1.63. The van der Waals surface area contributed by atoms with Crippen molar-refractivity contribution in [1.82, 2.24) is 5.32 Å². The first kappa shape index (κ1) is 9.58. The van der Waals surface area contributed by atoms with Gasteiger partial charge in [0.05, 0.1) is 5.69 Å². The van der Waals surface area contributed by atoms with Gasteiger partial charge in [-0.1, -0.05) is 0 Å². The van der Waals surface area contributed by atoms with Crippen molar-refractivity contribution in [1.29, 1.82) is 0 Å². The smallest absolute Gasteiger partial charge is 0.471 e. The van der Waals surface area contributed by atoms with Crippen molar-refractivity contribution < 1.29 is 14.5 Å². The molecule has 0 aromatic carbocycles. The summed E-state index contributed by atoms with van der Waals surface area (Å²) < 4.78 is 5.02. The molecule has 76 valence electrons. The Morgan fingerprint density at radius 2 is 2.07 bits per heavy atom. The largest absolute Gasteiger partial charge is 0.526 e. The number of nitrogens with one attached hydrogen (secondary N) is 1. The maximum atomic E-state index is 8.87. The van der Waals surface area contributed by atoms with Crippen LogP contribution in [0.4, 0.5) is 5.69 Å². The molecule has 0 aliphatic carbocycles. The van der Waals surface area contributed by atoms with Gasteiger partial charge in [0, 0.05) is 26.2 Å². The molecule has 14 heavy (non-hydrogen) atoms. The second-order valence-corrected chi connectivity index (χ2v) is 3.32. The van der Waals surface area contributed by atoms with Gasteiger partial charge in [0.1, 0.15) is 11.9 Å². The molecule has 0 unspecified atom stereocenters. The van der Waals surface area contributed by atoms with Gasteiger partial charge >= 0.3 is 7.12 Å². The van der Waals surface area contributed by atoms with Gasteiger partial charge in [0.15, 0.2) is 0 Å². The topological polar surface area (TPSA) is 68.9 Å². The van der Waals surface area contributed by atoms with E-state index in [2.05, 4.69) is 10.2 Å². The molecule has 2 heterocycles. The quantitative estimate of drug-likeness (QED) is 0.495. The molecule has 3 N–H and O–H groups in total. The lowest BCUT2D eigenvalue weighted by atomic mass is 9.88. The summed E-state index contributed by atoms with van der Waals surface area (Å²) in [7, 11) is -1.52. The number of hydrogen-bond acceptors (Lipinski definition) is 5. The summed E-state index contributed by atoms with van der Waals surface area (Å²) in [6.45, 7) is 3.73. The lowest BCUT2D eigenvalue weighted by Gasteiger charge is -2.27. The highest BCUT2D eigenvalue weighted by atomic mass is 16.4. The minimum Gasteiger partial charge on any atom is -0.471 e. The fourth-order valence-electron chi connectivity index (χ4n) is 1.57. The average molecular weight is 196 g/mol. The van der Waals surface area contributed by atoms with Crippen LogP contribution in [0.3, 0.4) is 0 Å². The summed E-state index contributed by atoms with van der Waals surface area (Å²) in [4.78, 5) is 2.14. The van der Waals surface area contributed by atoms with Crippen molar-refractivity contribution in [2.45, 2.75) is 0 Å². The van der Waals surface area contributed by atoms with E-state index in [-0.39, 0.29) is 5.66 Å². The van der Waals surface area contributed by atoms with Crippen molar-refractivity contribution in [3.8, 4) is 0 Å². The van der Waals surface area contributed by atoms with Crippen LogP contribution in [0, 0.1) is 0 Å². The van der Waals surface area contributed by atoms with Crippen LogP contribution in [0.15, 0.2) is 16.7 Å². The van der Waals surface area contributed by atoms with Crippen LogP contribution in [-0.4, -0.2) is 43.3 Å². The van der Waals surface area contributed by atoms with Gasteiger partial charge in [0.2, 0.25) is 0 Å². The zero-order valence-electron chi connectivity index (χ0n) is 7.81. The molecule has 0 bridgehead atoms. The van der Waals surface area contributed by atoms with Gasteiger partial charge in [-0.05, 0) is 6.07 Å². The molecular weight excluding hydrogens is 183 g/mol. The Labute approximate surface area is 82.5 Å². The molecule has 6 heteroatoms. The third-order valence-electron chi connectivity index (χ3n) is 2.34. The molecule has 0 spiro atoms. The minimum absolute atomic E-state index is 0.193. The maximum absolute atomic E-state index is 8.87. The average Bonchev–Trinajstić information content (AvgIpc) is 2.68. The highest BCUT2D eigenvalue weighted by Crippen LogP contribution is 2.13. The molecule has 0 saturated carbocycles. The van der Waals surface area contributed by atoms with Crippen LogP contribution in [0.25, 0.3) is 0 Å². The van der Waals surface area contributed by atoms with E-state index in [0.29, 0.717) is 0 Å². The van der Waals surface area contributed by atoms with Crippen molar-refractivity contribution in [2.24, 2.45) is 0 Å². The number of hydrogen-bond donors (Lipinski definition) is 3. The van der Waals surface area contributed by atoms with Crippen LogP contribution in [0.1, 0.15) is 0 Å². The van der Waals surface area contributed by atoms with Gasteiger partial charge in [-0.3, -0.25) is 0 Å². The number of anilines is 1. The van der Waals surface area contributed by atoms with E-state index in [1.165, 1.54) is 0 Å². The normalized spacial score (nSPS) is 17.1. The number of nitrogens with zero attached hydrogens (tertiary/aromatic N) is 1. The highest BCUT2D eigenvalue weighted by Gasteiger charge is 2.19. The molecule has 0 atom stereocenters. The monoisotopic (exact) mass is 196 g/mol. The predicted molar refractivity (Wildman–Crippen MR) is 53.6 cm³/mol. The summed E-state index contributed by atoms with van der Waals surface area (Å²) in [6, 6.07) is 1.66. The molecule has 1 fully saturated rings. The first-order valence-corrected chi connectivity index (χ1v) is 4.67. The summed E-state index contributed by atoms with van der Waals surface area (Å²) in [5.74, 6) is 0. The van der Waals surface area contributed by atoms with Crippen molar-refractivity contribution >= 4 is 18.5 Å². The van der Waals surface area contributed by atoms with Crippen LogP contribution in [-0.2, 0) is 0 Å². The molecule has 1 saturated heterocycles. The minimum atomic E-state index is -1.52. The molecule has 0 radical (unpaired) electrons. The molecule has 1 aromatic rings. The second kappa shape index (κ2) is 4.04. The highest BCUT2D eigenvalue weighted by molar-refractivity contribution is 6.57. The summed E-state index contributed by atoms with van der Waals surface area (Å²) >= 11 is 0. The molecule has 1 aromatic heterocycles. The summed E-state index contributed by atoms with van der Waals surface area (Å²) in [5.41, 5.74) is 1.10. The van der Waals surface area contributed by atoms with E-state index in [1.807, 2.05) is 0 Å². The van der Waals surface area contributed by atoms with Crippen LogP contribution < -0.4 is 15.9 Å². The summed E-state index contributed by atoms with van der Waals surface area (Å²) in [5, 5.41) is 21.0. The van der Waals surface area contributed by atoms with Crippen LogP contribution in [0.2, 0.25) is 0 Å². The number of rotatable bonds is 2. The first-order valence-electron chi connectivity index (χ1n) is 4.67. The standard InChI is InChI=1S/C8H13BN2O3/c12-9(13)8-5-7(6-14-8)11-3-1-10-2-4-11/h5-6,10,12-13H,1-4H2. The van der Waals surface area contributed by atoms with Gasteiger partial charge < -0.3 is 24.7 Å². The number of furan rings is 1. The number of piperazine rings is 1. The Bertz CT molecular complexity index is 297. The van der Waals surface area contributed by atoms with Crippen molar-refractivity contribution in [3.63, 3.8) is 0 Å². The van der Waals surface area contributed by atoms with Crippen molar-refractivity contribution in [3.05, 3.63) is 12.3 Å². The lowest BCUT2D eigenvalue weighted by molar-refractivity contribution is 0.409. The second-order valence-electron chi connectivity index (χ2n) is 3.32. The third kappa shape index (κ3) is 1.92. The maximum Gasteiger partial charge on any atom is 0.526 e. The van der Waals surface area contributed by atoms with E-state index in [0.717, 1.165) is 31.9 Å². The van der Waals surface area contributed by atoms with E-state index in [4.69, 9.17) is 14.5 Å². The molecule has 1 aliphatic rings. The zero-order chi connectivity index (χ0) is 9.97. The molecule has 1 aliphatic heterocycles. The summed E-state index contributed by atoms with van der Waals surface area (Å²) in [6.07, 6.45) is 1.56. The molecule has 0 amide bonds. The zero-order valence-corrected chi connectivity index (χ0v) is 7.81. The van der Waals surface area contributed by atoms with Gasteiger partial charge in [-0.15, -0.1) is 0 Å². The van der Waals surface area contributed by atoms with E-state index >= 15 is 0 Å². The van der Waals surface area contributed by atoms with Crippen LogP contribution >= 0.6 is 0 Å². The van der Waals surface area contributed by atoms with E-state index in [9.17, 15) is 0 Å². The molecule has 5 nitrogen and oxygen atoms in total. The van der Waals surface area contributed by atoms with Gasteiger partial charge in [0.25, 0.3) is 0 Å². The van der Waals surface area contributed by atoms with Gasteiger partial charge in [-0.25, -0.2) is 0 Å². The third-order valence-corrected chi connectivity index (χ3v) is 2.34.